The van der Waals surface area contributed by atoms with Gasteiger partial charge in [-0.3, -0.25) is 10.1 Å². The van der Waals surface area contributed by atoms with Gasteiger partial charge in [0.15, 0.2) is 0 Å². The van der Waals surface area contributed by atoms with Crippen molar-refractivity contribution >= 4 is 27.6 Å². The van der Waals surface area contributed by atoms with Crippen molar-refractivity contribution in [2.24, 2.45) is 0 Å². The van der Waals surface area contributed by atoms with E-state index in [0.717, 1.165) is 6.07 Å². The van der Waals surface area contributed by atoms with Crippen LogP contribution in [-0.4, -0.2) is 15.9 Å². The first-order valence-electron chi connectivity index (χ1n) is 7.25. The number of halogens is 2. The summed E-state index contributed by atoms with van der Waals surface area (Å²) in [6.45, 7) is -0.173. The van der Waals surface area contributed by atoms with Crippen molar-refractivity contribution in [3.8, 4) is 11.5 Å². The van der Waals surface area contributed by atoms with Gasteiger partial charge in [-0.25, -0.2) is 14.2 Å². The third-order valence-electron chi connectivity index (χ3n) is 3.37. The number of benzene rings is 2. The molecule has 0 saturated carbocycles. The molecule has 1 aromatic heterocycles. The highest BCUT2D eigenvalue weighted by Gasteiger charge is 2.17. The van der Waals surface area contributed by atoms with Crippen LogP contribution in [0.1, 0.15) is 16.1 Å². The van der Waals surface area contributed by atoms with E-state index >= 15 is 0 Å². The van der Waals surface area contributed by atoms with E-state index in [0.29, 0.717) is 11.3 Å². The smallest absolute Gasteiger partial charge is 0.338 e. The molecule has 132 valence electrons. The first-order chi connectivity index (χ1) is 12.4. The molecular formula is C17H10BrFN2O5. The van der Waals surface area contributed by atoms with E-state index in [9.17, 15) is 19.3 Å². The predicted octanol–water partition coefficient (Wildman–Crippen LogP) is 4.51. The summed E-state index contributed by atoms with van der Waals surface area (Å²) in [6.07, 6.45) is 1.32. The fraction of sp³-hybridized carbons (Fsp3) is 0.0588. The first-order valence-corrected chi connectivity index (χ1v) is 8.05. The number of nitro groups is 1. The predicted molar refractivity (Wildman–Crippen MR) is 91.8 cm³/mol. The summed E-state index contributed by atoms with van der Waals surface area (Å²) >= 11 is 3.05. The minimum atomic E-state index is -0.730. The van der Waals surface area contributed by atoms with Crippen LogP contribution < -0.4 is 0 Å². The maximum atomic E-state index is 12.9. The number of hydrogen-bond acceptors (Lipinski definition) is 6. The van der Waals surface area contributed by atoms with Gasteiger partial charge in [-0.05, 0) is 52.3 Å². The van der Waals surface area contributed by atoms with Gasteiger partial charge in [-0.2, -0.15) is 0 Å². The lowest BCUT2D eigenvalue weighted by atomic mass is 10.2. The van der Waals surface area contributed by atoms with Gasteiger partial charge in [0.2, 0.25) is 5.89 Å². The number of hydrogen-bond donors (Lipinski definition) is 0. The van der Waals surface area contributed by atoms with E-state index in [-0.39, 0.29) is 34.0 Å². The Bertz CT molecular complexity index is 972. The fourth-order valence-corrected chi connectivity index (χ4v) is 2.49. The number of rotatable bonds is 5. The quantitative estimate of drug-likeness (QED) is 0.342. The zero-order valence-electron chi connectivity index (χ0n) is 13.0. The molecule has 0 amide bonds. The van der Waals surface area contributed by atoms with E-state index < -0.39 is 10.9 Å². The Balaban J connectivity index is 1.68. The molecule has 3 rings (SSSR count). The van der Waals surface area contributed by atoms with Crippen molar-refractivity contribution in [3.63, 3.8) is 0 Å². The van der Waals surface area contributed by atoms with Gasteiger partial charge >= 0.3 is 5.97 Å². The van der Waals surface area contributed by atoms with E-state index in [1.54, 1.807) is 0 Å². The lowest BCUT2D eigenvalue weighted by molar-refractivity contribution is -0.385. The molecule has 2 aromatic carbocycles. The number of oxazole rings is 1. The number of carbonyl (C=O) groups is 1. The lowest BCUT2D eigenvalue weighted by Crippen LogP contribution is -2.06. The number of nitrogens with zero attached hydrogens (tertiary/aromatic N) is 2. The Hall–Kier alpha value is -3.07. The van der Waals surface area contributed by atoms with Crippen molar-refractivity contribution in [2.75, 3.05) is 0 Å². The van der Waals surface area contributed by atoms with E-state index in [4.69, 9.17) is 9.15 Å². The number of carbonyl (C=O) groups excluding carboxylic acids is 1. The normalized spacial score (nSPS) is 10.5. The summed E-state index contributed by atoms with van der Waals surface area (Å²) in [5, 5.41) is 10.9. The first kappa shape index (κ1) is 17.7. The second-order valence-electron chi connectivity index (χ2n) is 5.15. The van der Waals surface area contributed by atoms with E-state index in [2.05, 4.69) is 20.9 Å². The van der Waals surface area contributed by atoms with Crippen molar-refractivity contribution in [3.05, 3.63) is 80.4 Å². The van der Waals surface area contributed by atoms with Gasteiger partial charge in [0, 0.05) is 11.6 Å². The summed E-state index contributed by atoms with van der Waals surface area (Å²) in [4.78, 5) is 26.5. The van der Waals surface area contributed by atoms with Crippen LogP contribution in [0.3, 0.4) is 0 Å². The molecule has 26 heavy (non-hydrogen) atoms. The molecule has 7 nitrogen and oxygen atoms in total. The number of esters is 1. The van der Waals surface area contributed by atoms with Crippen LogP contribution in [-0.2, 0) is 11.3 Å². The van der Waals surface area contributed by atoms with Crippen LogP contribution in [0.15, 0.2) is 57.6 Å². The highest BCUT2D eigenvalue weighted by Crippen LogP contribution is 2.26. The van der Waals surface area contributed by atoms with Crippen LogP contribution >= 0.6 is 15.9 Å². The van der Waals surface area contributed by atoms with Crippen LogP contribution in [0.4, 0.5) is 10.1 Å². The molecule has 0 fully saturated rings. The molecule has 0 spiro atoms. The minimum absolute atomic E-state index is 0.0437. The van der Waals surface area contributed by atoms with E-state index in [1.807, 2.05) is 0 Å². The molecule has 0 aliphatic carbocycles. The van der Waals surface area contributed by atoms with Crippen LogP contribution in [0, 0.1) is 15.9 Å². The van der Waals surface area contributed by atoms with Crippen molar-refractivity contribution < 1.29 is 23.3 Å². The highest BCUT2D eigenvalue weighted by atomic mass is 79.9. The SMILES string of the molecule is O=C(OCc1coc(-c2ccc(F)cc2)n1)c1ccc(Br)c([N+](=O)[O-])c1. The maximum absolute atomic E-state index is 12.9. The van der Waals surface area contributed by atoms with Crippen LogP contribution in [0.5, 0.6) is 0 Å². The molecule has 1 heterocycles. The summed E-state index contributed by atoms with van der Waals surface area (Å²) in [5.41, 5.74) is 0.735. The third-order valence-corrected chi connectivity index (χ3v) is 4.04. The van der Waals surface area contributed by atoms with Gasteiger partial charge in [0.05, 0.1) is 15.0 Å². The molecule has 0 unspecified atom stereocenters. The average molecular weight is 421 g/mol. The lowest BCUT2D eigenvalue weighted by Gasteiger charge is -2.03. The topological polar surface area (TPSA) is 95.5 Å². The van der Waals surface area contributed by atoms with Gasteiger partial charge in [0.1, 0.15) is 24.4 Å². The second kappa shape index (κ2) is 7.44. The van der Waals surface area contributed by atoms with Gasteiger partial charge in [-0.1, -0.05) is 0 Å². The summed E-state index contributed by atoms with van der Waals surface area (Å²) in [5.74, 6) is -0.847. The Kier molecular flexibility index (Phi) is 5.08. The van der Waals surface area contributed by atoms with Crippen molar-refractivity contribution in [1.82, 2.24) is 4.98 Å². The Morgan fingerprint density at radius 3 is 2.69 bits per heavy atom. The molecule has 0 aliphatic rings. The van der Waals surface area contributed by atoms with Gasteiger partial charge < -0.3 is 9.15 Å². The summed E-state index contributed by atoms with van der Waals surface area (Å²) in [6, 6.07) is 9.51. The highest BCUT2D eigenvalue weighted by molar-refractivity contribution is 9.10. The monoisotopic (exact) mass is 420 g/mol. The van der Waals surface area contributed by atoms with Crippen molar-refractivity contribution in [2.45, 2.75) is 6.61 Å². The molecule has 0 atom stereocenters. The van der Waals surface area contributed by atoms with Gasteiger partial charge in [0.25, 0.3) is 5.69 Å². The molecular weight excluding hydrogens is 411 g/mol. The fourth-order valence-electron chi connectivity index (χ4n) is 2.10. The zero-order chi connectivity index (χ0) is 18.7. The Labute approximate surface area is 154 Å². The minimum Gasteiger partial charge on any atom is -0.455 e. The Morgan fingerprint density at radius 2 is 2.00 bits per heavy atom. The number of ether oxygens (including phenoxy) is 1. The average Bonchev–Trinajstić information content (AvgIpc) is 3.09. The van der Waals surface area contributed by atoms with E-state index in [1.165, 1.54) is 42.7 Å². The summed E-state index contributed by atoms with van der Waals surface area (Å²) < 4.78 is 23.6. The number of nitro benzene ring substituents is 1. The molecule has 0 N–H and O–H groups in total. The molecule has 0 radical (unpaired) electrons. The maximum Gasteiger partial charge on any atom is 0.338 e. The molecule has 3 aromatic rings. The third kappa shape index (κ3) is 3.94. The molecule has 0 saturated heterocycles. The second-order valence-corrected chi connectivity index (χ2v) is 6.00. The number of aromatic nitrogens is 1. The van der Waals surface area contributed by atoms with Crippen LogP contribution in [0.2, 0.25) is 0 Å². The standard InChI is InChI=1S/C17H10BrFN2O5/c18-14-6-3-11(7-15(14)21(23)24)17(22)26-9-13-8-25-16(20-13)10-1-4-12(19)5-2-10/h1-8H,9H2. The van der Waals surface area contributed by atoms with Crippen molar-refractivity contribution in [1.29, 1.82) is 0 Å². The zero-order valence-corrected chi connectivity index (χ0v) is 14.6. The largest absolute Gasteiger partial charge is 0.455 e. The molecule has 0 aliphatic heterocycles. The molecule has 9 heteroatoms. The van der Waals surface area contributed by atoms with Crippen LogP contribution in [0.25, 0.3) is 11.5 Å². The van der Waals surface area contributed by atoms with Gasteiger partial charge in [-0.15, -0.1) is 0 Å². The Morgan fingerprint density at radius 1 is 1.27 bits per heavy atom. The summed E-state index contributed by atoms with van der Waals surface area (Å²) in [7, 11) is 0. The molecule has 0 bridgehead atoms.